The second-order valence-electron chi connectivity index (χ2n) is 3.28. The van der Waals surface area contributed by atoms with Gasteiger partial charge in [-0.05, 0) is 23.6 Å². The molecule has 6 heteroatoms. The van der Waals surface area contributed by atoms with Crippen LogP contribution in [-0.4, -0.2) is 10.9 Å². The molecule has 0 spiro atoms. The Bertz CT molecular complexity index is 528. The minimum absolute atomic E-state index is 0.118. The predicted molar refractivity (Wildman–Crippen MR) is 60.8 cm³/mol. The van der Waals surface area contributed by atoms with E-state index >= 15 is 0 Å². The summed E-state index contributed by atoms with van der Waals surface area (Å²) >= 11 is 1.44. The summed E-state index contributed by atoms with van der Waals surface area (Å²) < 4.78 is 25.7. The van der Waals surface area contributed by atoms with E-state index < -0.39 is 11.9 Å². The first-order valence-corrected chi connectivity index (χ1v) is 5.67. The number of thiophene rings is 1. The Labute approximate surface area is 100 Å². The molecule has 3 nitrogen and oxygen atoms in total. The highest BCUT2D eigenvalue weighted by Crippen LogP contribution is 2.14. The van der Waals surface area contributed by atoms with Gasteiger partial charge in [0.15, 0.2) is 0 Å². The highest BCUT2D eigenvalue weighted by atomic mass is 32.1. The number of nitrogens with zero attached hydrogens (tertiary/aromatic N) is 1. The van der Waals surface area contributed by atoms with E-state index in [1.165, 1.54) is 11.3 Å². The molecule has 1 amide bonds. The molecule has 2 aromatic heterocycles. The summed E-state index contributed by atoms with van der Waals surface area (Å²) in [7, 11) is 0. The Hall–Kier alpha value is -1.82. The van der Waals surface area contributed by atoms with Gasteiger partial charge in [-0.25, -0.2) is 0 Å². The van der Waals surface area contributed by atoms with Crippen LogP contribution in [-0.2, 0) is 11.2 Å². The van der Waals surface area contributed by atoms with E-state index in [9.17, 15) is 13.6 Å². The van der Waals surface area contributed by atoms with E-state index in [4.69, 9.17) is 0 Å². The fourth-order valence-electron chi connectivity index (χ4n) is 1.27. The molecular weight excluding hydrogens is 246 g/mol. The third-order valence-corrected chi connectivity index (χ3v) is 2.88. The van der Waals surface area contributed by atoms with Gasteiger partial charge >= 0.3 is 0 Å². The Morgan fingerprint density at radius 1 is 1.35 bits per heavy atom. The summed E-state index contributed by atoms with van der Waals surface area (Å²) in [4.78, 5) is 15.4. The number of hydrogen-bond acceptors (Lipinski definition) is 3. The number of anilines is 1. The third kappa shape index (κ3) is 3.07. The maximum Gasteiger partial charge on any atom is 0.239 e. The zero-order valence-corrected chi connectivity index (χ0v) is 9.43. The van der Waals surface area contributed by atoms with Crippen molar-refractivity contribution in [3.63, 3.8) is 0 Å². The highest BCUT2D eigenvalue weighted by Gasteiger charge is 2.10. The molecule has 17 heavy (non-hydrogen) atoms. The molecule has 0 atom stereocenters. The van der Waals surface area contributed by atoms with Crippen LogP contribution in [0.25, 0.3) is 0 Å². The molecule has 0 saturated carbocycles. The van der Waals surface area contributed by atoms with Gasteiger partial charge in [-0.3, -0.25) is 4.79 Å². The van der Waals surface area contributed by atoms with E-state index in [2.05, 4.69) is 10.3 Å². The number of aromatic nitrogens is 1. The van der Waals surface area contributed by atoms with Crippen molar-refractivity contribution in [2.45, 2.75) is 6.42 Å². The molecule has 0 saturated heterocycles. The van der Waals surface area contributed by atoms with E-state index in [0.29, 0.717) is 0 Å². The minimum atomic E-state index is -1.02. The van der Waals surface area contributed by atoms with Crippen LogP contribution in [0.1, 0.15) is 4.88 Å². The maximum absolute atomic E-state index is 13.1. The summed E-state index contributed by atoms with van der Waals surface area (Å²) in [5.74, 6) is -2.30. The summed E-state index contributed by atoms with van der Waals surface area (Å²) in [6.07, 6.45) is 0.161. The van der Waals surface area contributed by atoms with Gasteiger partial charge in [0, 0.05) is 4.88 Å². The lowest BCUT2D eigenvalue weighted by molar-refractivity contribution is -0.115. The van der Waals surface area contributed by atoms with Crippen LogP contribution in [0, 0.1) is 11.9 Å². The molecule has 2 heterocycles. The lowest BCUT2D eigenvalue weighted by Gasteiger charge is -2.04. The lowest BCUT2D eigenvalue weighted by Crippen LogP contribution is -2.15. The number of amides is 1. The lowest BCUT2D eigenvalue weighted by atomic mass is 10.3. The van der Waals surface area contributed by atoms with E-state index in [1.807, 2.05) is 17.5 Å². The van der Waals surface area contributed by atoms with Crippen LogP contribution in [0.5, 0.6) is 0 Å². The van der Waals surface area contributed by atoms with Crippen LogP contribution in [0.3, 0.4) is 0 Å². The zero-order valence-electron chi connectivity index (χ0n) is 8.61. The molecule has 0 radical (unpaired) electrons. The summed E-state index contributed by atoms with van der Waals surface area (Å²) in [5, 5.41) is 4.19. The molecule has 0 fully saturated rings. The Morgan fingerprint density at radius 2 is 2.18 bits per heavy atom. The first kappa shape index (κ1) is 11.7. The van der Waals surface area contributed by atoms with Crippen LogP contribution < -0.4 is 5.32 Å². The Kier molecular flexibility index (Phi) is 3.43. The van der Waals surface area contributed by atoms with Crippen molar-refractivity contribution in [3.8, 4) is 0 Å². The number of rotatable bonds is 3. The van der Waals surface area contributed by atoms with Gasteiger partial charge < -0.3 is 5.32 Å². The number of hydrogen-bond donors (Lipinski definition) is 1. The van der Waals surface area contributed by atoms with Gasteiger partial charge in [-0.1, -0.05) is 6.07 Å². The minimum Gasteiger partial charge on any atom is -0.322 e. The molecule has 0 aliphatic rings. The first-order chi connectivity index (χ1) is 8.15. The van der Waals surface area contributed by atoms with Gasteiger partial charge in [0.25, 0.3) is 0 Å². The average Bonchev–Trinajstić information content (AvgIpc) is 2.75. The Morgan fingerprint density at radius 3 is 2.82 bits per heavy atom. The molecule has 0 bridgehead atoms. The number of carbonyl (C=O) groups is 1. The van der Waals surface area contributed by atoms with Crippen LogP contribution in [0.2, 0.25) is 0 Å². The molecule has 0 aliphatic heterocycles. The molecule has 0 aromatic carbocycles. The van der Waals surface area contributed by atoms with Crippen molar-refractivity contribution in [2.24, 2.45) is 0 Å². The van der Waals surface area contributed by atoms with Crippen molar-refractivity contribution in [1.29, 1.82) is 0 Å². The van der Waals surface area contributed by atoms with Gasteiger partial charge in [-0.15, -0.1) is 11.3 Å². The fraction of sp³-hybridized carbons (Fsp3) is 0.0909. The predicted octanol–water partition coefficient (Wildman–Crippen LogP) is 2.60. The van der Waals surface area contributed by atoms with Gasteiger partial charge in [0.2, 0.25) is 17.8 Å². The number of nitrogens with one attached hydrogen (secondary N) is 1. The van der Waals surface area contributed by atoms with Crippen molar-refractivity contribution in [2.75, 3.05) is 5.32 Å². The second-order valence-corrected chi connectivity index (χ2v) is 4.31. The summed E-state index contributed by atoms with van der Waals surface area (Å²) in [6, 6.07) is 5.77. The molecule has 1 N–H and O–H groups in total. The normalized spacial score (nSPS) is 10.2. The van der Waals surface area contributed by atoms with E-state index in [0.717, 1.165) is 17.0 Å². The van der Waals surface area contributed by atoms with Crippen molar-refractivity contribution < 1.29 is 13.6 Å². The first-order valence-electron chi connectivity index (χ1n) is 4.79. The molecule has 88 valence electrons. The molecule has 2 rings (SSSR count). The quantitative estimate of drug-likeness (QED) is 0.855. The molecule has 0 aliphatic carbocycles. The largest absolute Gasteiger partial charge is 0.322 e. The van der Waals surface area contributed by atoms with Crippen molar-refractivity contribution in [3.05, 3.63) is 46.4 Å². The average molecular weight is 254 g/mol. The molecule has 2 aromatic rings. The van der Waals surface area contributed by atoms with Gasteiger partial charge in [-0.2, -0.15) is 13.8 Å². The van der Waals surface area contributed by atoms with E-state index in [-0.39, 0.29) is 18.0 Å². The topological polar surface area (TPSA) is 42.0 Å². The molecular formula is C11H8F2N2OS. The smallest absolute Gasteiger partial charge is 0.239 e. The van der Waals surface area contributed by atoms with E-state index in [1.54, 1.807) is 0 Å². The summed E-state index contributed by atoms with van der Waals surface area (Å²) in [6.45, 7) is 0. The zero-order chi connectivity index (χ0) is 12.3. The van der Waals surface area contributed by atoms with Crippen LogP contribution in [0.15, 0.2) is 29.6 Å². The van der Waals surface area contributed by atoms with Gasteiger partial charge in [0.05, 0.1) is 12.1 Å². The third-order valence-electron chi connectivity index (χ3n) is 2.00. The van der Waals surface area contributed by atoms with Crippen molar-refractivity contribution >= 4 is 22.9 Å². The summed E-state index contributed by atoms with van der Waals surface area (Å²) in [5.41, 5.74) is -0.118. The number of pyridine rings is 1. The van der Waals surface area contributed by atoms with Crippen molar-refractivity contribution in [1.82, 2.24) is 4.98 Å². The van der Waals surface area contributed by atoms with Crippen LogP contribution in [0.4, 0.5) is 14.5 Å². The number of carbonyl (C=O) groups excluding carboxylic acids is 1. The molecule has 0 unspecified atom stereocenters. The van der Waals surface area contributed by atoms with Gasteiger partial charge in [0.1, 0.15) is 0 Å². The monoisotopic (exact) mass is 254 g/mol. The second kappa shape index (κ2) is 5.01. The fourth-order valence-corrected chi connectivity index (χ4v) is 1.97. The Balaban J connectivity index is 2.03. The highest BCUT2D eigenvalue weighted by molar-refractivity contribution is 7.10. The maximum atomic E-state index is 13.1. The SMILES string of the molecule is O=C(Cc1cccs1)Nc1ccc(F)nc1F. The van der Waals surface area contributed by atoms with Crippen LogP contribution >= 0.6 is 11.3 Å². The standard InChI is InChI=1S/C11H8F2N2OS/c12-9-4-3-8(11(13)15-9)14-10(16)6-7-2-1-5-17-7/h1-5H,6H2,(H,14,16). The number of halogens is 2.